The number of nitrogens with zero attached hydrogens (tertiary/aromatic N) is 1. The Balaban J connectivity index is 0.000001000. The van der Waals surface area contributed by atoms with E-state index in [1.807, 2.05) is 19.0 Å². The van der Waals surface area contributed by atoms with Gasteiger partial charge in [-0.3, -0.25) is 0 Å². The van der Waals surface area contributed by atoms with Crippen LogP contribution in [0, 0.1) is 0 Å². The van der Waals surface area contributed by atoms with E-state index in [0.717, 1.165) is 6.42 Å². The first-order valence-electron chi connectivity index (χ1n) is 3.38. The van der Waals surface area contributed by atoms with Gasteiger partial charge in [-0.05, 0) is 20.5 Å². The maximum atomic E-state index is 10.9. The minimum absolute atomic E-state index is 0. The second-order valence-corrected chi connectivity index (χ2v) is 5.25. The molecule has 0 aromatic carbocycles. The molecule has 0 amide bonds. The van der Waals surface area contributed by atoms with Gasteiger partial charge in [0.2, 0.25) is 0 Å². The summed E-state index contributed by atoms with van der Waals surface area (Å²) in [6.07, 6.45) is 0.801. The molecule has 1 unspecified atom stereocenters. The SMILES string of the molecule is CN(C)C1CCS(=O)(=O)C1.[I-]. The number of rotatable bonds is 1. The lowest BCUT2D eigenvalue weighted by Crippen LogP contribution is -3.00. The van der Waals surface area contributed by atoms with Crippen LogP contribution in [0.25, 0.3) is 0 Å². The third-order valence-corrected chi connectivity index (χ3v) is 3.69. The Hall–Kier alpha value is 0.640. The van der Waals surface area contributed by atoms with Gasteiger partial charge in [-0.1, -0.05) is 0 Å². The van der Waals surface area contributed by atoms with Crippen molar-refractivity contribution in [2.24, 2.45) is 0 Å². The third-order valence-electron chi connectivity index (χ3n) is 1.94. The molecule has 1 atom stereocenters. The summed E-state index contributed by atoms with van der Waals surface area (Å²) < 4.78 is 21.8. The molecule has 0 bridgehead atoms. The zero-order chi connectivity index (χ0) is 7.78. The lowest BCUT2D eigenvalue weighted by molar-refractivity contribution is -0.00000466. The molecule has 3 nitrogen and oxygen atoms in total. The van der Waals surface area contributed by atoms with Gasteiger partial charge in [-0.15, -0.1) is 0 Å². The average molecular weight is 290 g/mol. The van der Waals surface area contributed by atoms with E-state index in [1.54, 1.807) is 0 Å². The quantitative estimate of drug-likeness (QED) is 0.476. The number of halogens is 1. The molecule has 11 heavy (non-hydrogen) atoms. The summed E-state index contributed by atoms with van der Waals surface area (Å²) in [5.74, 6) is 0.718. The lowest BCUT2D eigenvalue weighted by atomic mass is 10.2. The summed E-state index contributed by atoms with van der Waals surface area (Å²) in [6, 6.07) is 0.255. The van der Waals surface area contributed by atoms with E-state index in [2.05, 4.69) is 0 Å². The summed E-state index contributed by atoms with van der Waals surface area (Å²) in [5, 5.41) is 0. The van der Waals surface area contributed by atoms with Crippen LogP contribution >= 0.6 is 0 Å². The van der Waals surface area contributed by atoms with Gasteiger partial charge < -0.3 is 28.9 Å². The standard InChI is InChI=1S/C6H13NO2S.HI/c1-7(2)6-3-4-10(8,9)5-6;/h6H,3-5H2,1-2H3;1H/p-1. The summed E-state index contributed by atoms with van der Waals surface area (Å²) in [6.45, 7) is 0. The molecule has 68 valence electrons. The first-order chi connectivity index (χ1) is 4.51. The Morgan fingerprint density at radius 2 is 1.91 bits per heavy atom. The normalized spacial score (nSPS) is 28.5. The molecule has 0 radical (unpaired) electrons. The Kier molecular flexibility index (Phi) is 4.28. The maximum absolute atomic E-state index is 10.9. The Morgan fingerprint density at radius 3 is 2.09 bits per heavy atom. The Labute approximate surface area is 85.1 Å². The monoisotopic (exact) mass is 290 g/mol. The summed E-state index contributed by atoms with van der Waals surface area (Å²) in [5.41, 5.74) is 0. The van der Waals surface area contributed by atoms with E-state index in [9.17, 15) is 8.42 Å². The van der Waals surface area contributed by atoms with Gasteiger partial charge in [-0.25, -0.2) is 8.42 Å². The van der Waals surface area contributed by atoms with Gasteiger partial charge >= 0.3 is 0 Å². The molecule has 1 fully saturated rings. The first-order valence-corrected chi connectivity index (χ1v) is 5.20. The molecule has 0 aliphatic carbocycles. The largest absolute Gasteiger partial charge is 1.00 e. The van der Waals surface area contributed by atoms with E-state index in [-0.39, 0.29) is 30.0 Å². The van der Waals surface area contributed by atoms with Crippen molar-refractivity contribution in [3.8, 4) is 0 Å². The van der Waals surface area contributed by atoms with Crippen molar-refractivity contribution in [3.05, 3.63) is 0 Å². The van der Waals surface area contributed by atoms with Crippen LogP contribution in [0.3, 0.4) is 0 Å². The van der Waals surface area contributed by atoms with Crippen LogP contribution < -0.4 is 24.0 Å². The van der Waals surface area contributed by atoms with Crippen LogP contribution in [-0.2, 0) is 9.84 Å². The van der Waals surface area contributed by atoms with Crippen molar-refractivity contribution < 1.29 is 32.4 Å². The minimum Gasteiger partial charge on any atom is -1.00 e. The smallest absolute Gasteiger partial charge is 0.151 e. The molecule has 0 spiro atoms. The number of sulfone groups is 1. The van der Waals surface area contributed by atoms with Gasteiger partial charge in [0.15, 0.2) is 9.84 Å². The predicted molar refractivity (Wildman–Crippen MR) is 40.7 cm³/mol. The highest BCUT2D eigenvalue weighted by molar-refractivity contribution is 7.91. The van der Waals surface area contributed by atoms with Gasteiger partial charge in [-0.2, -0.15) is 0 Å². The van der Waals surface area contributed by atoms with Crippen LogP contribution in [0.5, 0.6) is 0 Å². The molecular formula is C6H13INO2S-. The highest BCUT2D eigenvalue weighted by Crippen LogP contribution is 2.14. The second-order valence-electron chi connectivity index (χ2n) is 3.02. The Morgan fingerprint density at radius 1 is 1.36 bits per heavy atom. The number of hydrogen-bond acceptors (Lipinski definition) is 3. The van der Waals surface area contributed by atoms with Crippen LogP contribution in [0.15, 0.2) is 0 Å². The molecule has 1 aliphatic rings. The molecule has 0 N–H and O–H groups in total. The first kappa shape index (κ1) is 11.6. The van der Waals surface area contributed by atoms with Crippen molar-refractivity contribution in [3.63, 3.8) is 0 Å². The molecule has 5 heteroatoms. The van der Waals surface area contributed by atoms with E-state index >= 15 is 0 Å². The van der Waals surface area contributed by atoms with Crippen LogP contribution in [-0.4, -0.2) is 45.0 Å². The van der Waals surface area contributed by atoms with E-state index < -0.39 is 9.84 Å². The highest BCUT2D eigenvalue weighted by atomic mass is 127. The summed E-state index contributed by atoms with van der Waals surface area (Å²) in [7, 11) is 1.16. The highest BCUT2D eigenvalue weighted by Gasteiger charge is 2.28. The van der Waals surface area contributed by atoms with E-state index in [4.69, 9.17) is 0 Å². The average Bonchev–Trinajstić information content (AvgIpc) is 2.10. The van der Waals surface area contributed by atoms with Gasteiger partial charge in [0, 0.05) is 6.04 Å². The number of hydrogen-bond donors (Lipinski definition) is 0. The van der Waals surface area contributed by atoms with E-state index in [1.165, 1.54) is 0 Å². The fourth-order valence-corrected chi connectivity index (χ4v) is 3.03. The molecule has 1 saturated heterocycles. The lowest BCUT2D eigenvalue weighted by Gasteiger charge is -2.15. The minimum atomic E-state index is -2.68. The Bertz CT molecular complexity index is 213. The van der Waals surface area contributed by atoms with Crippen LogP contribution in [0.1, 0.15) is 6.42 Å². The van der Waals surface area contributed by atoms with Crippen LogP contribution in [0.2, 0.25) is 0 Å². The fraction of sp³-hybridized carbons (Fsp3) is 1.00. The summed E-state index contributed by atoms with van der Waals surface area (Å²) in [4.78, 5) is 1.98. The van der Waals surface area contributed by atoms with Crippen molar-refractivity contribution in [1.82, 2.24) is 4.90 Å². The topological polar surface area (TPSA) is 37.4 Å². The zero-order valence-electron chi connectivity index (χ0n) is 6.75. The zero-order valence-corrected chi connectivity index (χ0v) is 9.72. The molecule has 0 aromatic rings. The summed E-state index contributed by atoms with van der Waals surface area (Å²) >= 11 is 0. The molecule has 1 rings (SSSR count). The molecule has 0 saturated carbocycles. The fourth-order valence-electron chi connectivity index (χ4n) is 1.18. The molecule has 1 aliphatic heterocycles. The molecule has 0 aromatic heterocycles. The third kappa shape index (κ3) is 3.25. The molecule has 1 heterocycles. The predicted octanol–water partition coefficient (Wildman–Crippen LogP) is -3.26. The second kappa shape index (κ2) is 4.04. The van der Waals surface area contributed by atoms with Crippen molar-refractivity contribution in [2.45, 2.75) is 12.5 Å². The van der Waals surface area contributed by atoms with Gasteiger partial charge in [0.1, 0.15) is 0 Å². The van der Waals surface area contributed by atoms with Gasteiger partial charge in [0.25, 0.3) is 0 Å². The van der Waals surface area contributed by atoms with Crippen molar-refractivity contribution in [2.75, 3.05) is 25.6 Å². The van der Waals surface area contributed by atoms with Crippen molar-refractivity contribution >= 4 is 9.84 Å². The maximum Gasteiger partial charge on any atom is 0.151 e. The van der Waals surface area contributed by atoms with Gasteiger partial charge in [0.05, 0.1) is 11.5 Å². The van der Waals surface area contributed by atoms with Crippen molar-refractivity contribution in [1.29, 1.82) is 0 Å². The molecular weight excluding hydrogens is 277 g/mol. The van der Waals surface area contributed by atoms with E-state index in [0.29, 0.717) is 11.5 Å². The van der Waals surface area contributed by atoms with Crippen LogP contribution in [0.4, 0.5) is 0 Å².